The topological polar surface area (TPSA) is 75.7 Å². The summed E-state index contributed by atoms with van der Waals surface area (Å²) in [4.78, 5) is 40.1. The summed E-state index contributed by atoms with van der Waals surface area (Å²) in [5.74, 6) is -0.581. The number of nitrogens with one attached hydrogen (secondary N) is 1. The van der Waals surface area contributed by atoms with Crippen molar-refractivity contribution in [3.05, 3.63) is 102 Å². The van der Waals surface area contributed by atoms with Gasteiger partial charge in [0.1, 0.15) is 18.4 Å². The van der Waals surface area contributed by atoms with Gasteiger partial charge in [-0.25, -0.2) is 0 Å². The number of amides is 3. The minimum Gasteiger partial charge on any atom is -0.492 e. The quantitative estimate of drug-likeness (QED) is 0.454. The Morgan fingerprint density at radius 3 is 1.97 bits per heavy atom. The smallest absolute Gasteiger partial charge is 0.262 e. The predicted octanol–water partition coefficient (Wildman–Crippen LogP) is 3.09. The number of imide groups is 1. The molecule has 31 heavy (non-hydrogen) atoms. The number of ether oxygens (including phenoxy) is 1. The van der Waals surface area contributed by atoms with Crippen molar-refractivity contribution in [2.45, 2.75) is 12.5 Å². The molecule has 1 aliphatic rings. The van der Waals surface area contributed by atoms with Crippen molar-refractivity contribution >= 4 is 17.7 Å². The molecule has 156 valence electrons. The molecule has 0 unspecified atom stereocenters. The first-order chi connectivity index (χ1) is 15.1. The van der Waals surface area contributed by atoms with Crippen LogP contribution < -0.4 is 10.1 Å². The van der Waals surface area contributed by atoms with Crippen LogP contribution in [0.1, 0.15) is 26.3 Å². The van der Waals surface area contributed by atoms with E-state index >= 15 is 0 Å². The van der Waals surface area contributed by atoms with Gasteiger partial charge in [-0.1, -0.05) is 60.7 Å². The molecule has 0 fully saturated rings. The lowest BCUT2D eigenvalue weighted by atomic mass is 10.0. The first kappa shape index (κ1) is 20.3. The van der Waals surface area contributed by atoms with E-state index in [1.807, 2.05) is 60.7 Å². The van der Waals surface area contributed by atoms with E-state index < -0.39 is 23.8 Å². The Labute approximate surface area is 180 Å². The fraction of sp³-hybridized carbons (Fsp3) is 0.160. The molecule has 0 saturated heterocycles. The second-order valence-electron chi connectivity index (χ2n) is 7.18. The van der Waals surface area contributed by atoms with Crippen LogP contribution in [0.5, 0.6) is 5.75 Å². The average Bonchev–Trinajstić information content (AvgIpc) is 3.06. The first-order valence-corrected chi connectivity index (χ1v) is 10.1. The number of rotatable bonds is 8. The van der Waals surface area contributed by atoms with E-state index in [-0.39, 0.29) is 19.6 Å². The van der Waals surface area contributed by atoms with E-state index in [1.165, 1.54) is 0 Å². The van der Waals surface area contributed by atoms with Crippen molar-refractivity contribution in [2.24, 2.45) is 0 Å². The molecule has 3 amide bonds. The molecule has 1 aliphatic heterocycles. The molecule has 1 N–H and O–H groups in total. The van der Waals surface area contributed by atoms with Crippen LogP contribution in [0.25, 0.3) is 0 Å². The lowest BCUT2D eigenvalue weighted by molar-refractivity contribution is -0.125. The molecular weight excluding hydrogens is 392 g/mol. The van der Waals surface area contributed by atoms with Crippen LogP contribution in [0.2, 0.25) is 0 Å². The SMILES string of the molecule is O=C(NCCOc1ccccc1)[C@H](Cc1ccccc1)N1C(=O)c2ccccc2C1=O. The van der Waals surface area contributed by atoms with Gasteiger partial charge < -0.3 is 10.1 Å². The Bertz CT molecular complexity index is 1050. The van der Waals surface area contributed by atoms with Gasteiger partial charge in [-0.2, -0.15) is 0 Å². The summed E-state index contributed by atoms with van der Waals surface area (Å²) in [6.07, 6.45) is 0.234. The largest absolute Gasteiger partial charge is 0.492 e. The van der Waals surface area contributed by atoms with Gasteiger partial charge in [-0.15, -0.1) is 0 Å². The van der Waals surface area contributed by atoms with E-state index in [0.29, 0.717) is 16.9 Å². The number of hydrogen-bond donors (Lipinski definition) is 1. The monoisotopic (exact) mass is 414 g/mol. The maximum absolute atomic E-state index is 13.1. The first-order valence-electron chi connectivity index (χ1n) is 10.1. The highest BCUT2D eigenvalue weighted by atomic mass is 16.5. The molecule has 0 bridgehead atoms. The molecule has 3 aromatic rings. The minimum absolute atomic E-state index is 0.234. The second-order valence-corrected chi connectivity index (χ2v) is 7.18. The van der Waals surface area contributed by atoms with Crippen molar-refractivity contribution in [1.29, 1.82) is 0 Å². The van der Waals surface area contributed by atoms with E-state index in [0.717, 1.165) is 10.5 Å². The summed E-state index contributed by atoms with van der Waals surface area (Å²) in [5, 5.41) is 2.81. The van der Waals surface area contributed by atoms with Gasteiger partial charge in [0.05, 0.1) is 17.7 Å². The van der Waals surface area contributed by atoms with Gasteiger partial charge in [0.2, 0.25) is 5.91 Å². The van der Waals surface area contributed by atoms with Gasteiger partial charge in [-0.3, -0.25) is 19.3 Å². The lowest BCUT2D eigenvalue weighted by Gasteiger charge is -2.25. The van der Waals surface area contributed by atoms with Crippen molar-refractivity contribution in [3.63, 3.8) is 0 Å². The summed E-state index contributed by atoms with van der Waals surface area (Å²) in [5.41, 5.74) is 1.51. The number of carbonyl (C=O) groups excluding carboxylic acids is 3. The number of para-hydroxylation sites is 1. The fourth-order valence-electron chi connectivity index (χ4n) is 3.61. The number of fused-ring (bicyclic) bond motifs is 1. The van der Waals surface area contributed by atoms with Crippen LogP contribution in [0.15, 0.2) is 84.9 Å². The molecular formula is C25H22N2O4. The Morgan fingerprint density at radius 2 is 1.35 bits per heavy atom. The Hall–Kier alpha value is -3.93. The molecule has 0 saturated carbocycles. The van der Waals surface area contributed by atoms with Crippen molar-refractivity contribution in [3.8, 4) is 5.75 Å². The average molecular weight is 414 g/mol. The van der Waals surface area contributed by atoms with E-state index in [2.05, 4.69) is 5.32 Å². The minimum atomic E-state index is -0.952. The van der Waals surface area contributed by atoms with Gasteiger partial charge in [0.15, 0.2) is 0 Å². The van der Waals surface area contributed by atoms with Crippen LogP contribution >= 0.6 is 0 Å². The van der Waals surface area contributed by atoms with Crippen molar-refractivity contribution in [2.75, 3.05) is 13.2 Å². The third-order valence-corrected chi connectivity index (χ3v) is 5.12. The van der Waals surface area contributed by atoms with E-state index in [9.17, 15) is 14.4 Å². The van der Waals surface area contributed by atoms with Crippen LogP contribution in [0.4, 0.5) is 0 Å². The Morgan fingerprint density at radius 1 is 0.806 bits per heavy atom. The number of nitrogens with zero attached hydrogens (tertiary/aromatic N) is 1. The highest BCUT2D eigenvalue weighted by Crippen LogP contribution is 2.26. The Balaban J connectivity index is 1.49. The summed E-state index contributed by atoms with van der Waals surface area (Å²) < 4.78 is 5.61. The van der Waals surface area contributed by atoms with Crippen molar-refractivity contribution in [1.82, 2.24) is 10.2 Å². The van der Waals surface area contributed by atoms with Gasteiger partial charge >= 0.3 is 0 Å². The highest BCUT2D eigenvalue weighted by Gasteiger charge is 2.42. The molecule has 1 atom stereocenters. The van der Waals surface area contributed by atoms with E-state index in [1.54, 1.807) is 24.3 Å². The molecule has 3 aromatic carbocycles. The van der Waals surface area contributed by atoms with E-state index in [4.69, 9.17) is 4.74 Å². The summed E-state index contributed by atoms with van der Waals surface area (Å²) in [6.45, 7) is 0.526. The normalized spacial score (nSPS) is 13.6. The molecule has 0 aromatic heterocycles. The molecule has 0 aliphatic carbocycles. The van der Waals surface area contributed by atoms with Gasteiger partial charge in [-0.05, 0) is 29.8 Å². The number of hydrogen-bond acceptors (Lipinski definition) is 4. The number of benzene rings is 3. The third-order valence-electron chi connectivity index (χ3n) is 5.12. The fourth-order valence-corrected chi connectivity index (χ4v) is 3.61. The summed E-state index contributed by atoms with van der Waals surface area (Å²) in [7, 11) is 0. The van der Waals surface area contributed by atoms with Crippen LogP contribution in [0, 0.1) is 0 Å². The van der Waals surface area contributed by atoms with Gasteiger partial charge in [0.25, 0.3) is 11.8 Å². The number of carbonyl (C=O) groups is 3. The van der Waals surface area contributed by atoms with Crippen LogP contribution in [0.3, 0.4) is 0 Å². The van der Waals surface area contributed by atoms with Crippen LogP contribution in [-0.4, -0.2) is 41.8 Å². The molecule has 6 nitrogen and oxygen atoms in total. The lowest BCUT2D eigenvalue weighted by Crippen LogP contribution is -2.51. The standard InChI is InChI=1S/C25H22N2O4/c28-23(26-15-16-31-19-11-5-2-6-12-19)22(17-18-9-3-1-4-10-18)27-24(29)20-13-7-8-14-21(20)25(27)30/h1-14,22H,15-17H2,(H,26,28)/t22-/m0/s1. The predicted molar refractivity (Wildman–Crippen MR) is 116 cm³/mol. The zero-order valence-corrected chi connectivity index (χ0v) is 16.9. The zero-order chi connectivity index (χ0) is 21.6. The van der Waals surface area contributed by atoms with Gasteiger partial charge in [0, 0.05) is 6.42 Å². The Kier molecular flexibility index (Phi) is 6.08. The molecule has 4 rings (SSSR count). The molecule has 6 heteroatoms. The zero-order valence-electron chi connectivity index (χ0n) is 16.9. The van der Waals surface area contributed by atoms with Crippen molar-refractivity contribution < 1.29 is 19.1 Å². The highest BCUT2D eigenvalue weighted by molar-refractivity contribution is 6.22. The maximum Gasteiger partial charge on any atom is 0.262 e. The third kappa shape index (κ3) is 4.48. The maximum atomic E-state index is 13.1. The molecule has 0 radical (unpaired) electrons. The summed E-state index contributed by atoms with van der Waals surface area (Å²) in [6, 6.07) is 24.3. The molecule has 1 heterocycles. The second kappa shape index (κ2) is 9.26. The summed E-state index contributed by atoms with van der Waals surface area (Å²) >= 11 is 0. The van der Waals surface area contributed by atoms with Crippen LogP contribution in [-0.2, 0) is 11.2 Å². The molecule has 0 spiro atoms.